The molecule has 31 heavy (non-hydrogen) atoms. The molecule has 0 radical (unpaired) electrons. The molecule has 2 aromatic rings. The van der Waals surface area contributed by atoms with Gasteiger partial charge in [-0.2, -0.15) is 17.5 Å². The molecule has 11 heteroatoms. The van der Waals surface area contributed by atoms with Crippen molar-refractivity contribution in [2.24, 2.45) is 0 Å². The first-order chi connectivity index (χ1) is 14.7. The quantitative estimate of drug-likeness (QED) is 0.720. The number of nitrogens with one attached hydrogen (secondary N) is 1. The number of alkyl halides is 3. The summed E-state index contributed by atoms with van der Waals surface area (Å²) < 4.78 is 68.6. The number of hydrogen-bond acceptors (Lipinski definition) is 4. The Balaban J connectivity index is 1.61. The van der Waals surface area contributed by atoms with Crippen LogP contribution in [0, 0.1) is 0 Å². The fourth-order valence-corrected chi connectivity index (χ4v) is 5.91. The molecule has 0 atom stereocenters. The van der Waals surface area contributed by atoms with Gasteiger partial charge in [-0.3, -0.25) is 4.79 Å². The molecule has 0 unspecified atom stereocenters. The molecule has 0 spiro atoms. The molecule has 1 aliphatic heterocycles. The molecule has 4 rings (SSSR count). The van der Waals surface area contributed by atoms with E-state index in [2.05, 4.69) is 10.3 Å². The summed E-state index contributed by atoms with van der Waals surface area (Å²) in [6.45, 7) is 0.611. The largest absolute Gasteiger partial charge is 0.449 e. The van der Waals surface area contributed by atoms with Crippen LogP contribution in [0.15, 0.2) is 23.1 Å². The summed E-state index contributed by atoms with van der Waals surface area (Å²) in [4.78, 5) is 15.8. The smallest absolute Gasteiger partial charge is 0.353 e. The first kappa shape index (κ1) is 22.1. The maximum atomic E-state index is 13.6. The van der Waals surface area contributed by atoms with Crippen LogP contribution >= 0.6 is 0 Å². The Bertz CT molecular complexity index is 1070. The second kappa shape index (κ2) is 8.42. The zero-order valence-corrected chi connectivity index (χ0v) is 17.8. The van der Waals surface area contributed by atoms with E-state index in [0.29, 0.717) is 13.1 Å². The number of hydrogen-bond donors (Lipinski definition) is 1. The number of halogens is 3. The molecule has 2 aliphatic rings. The fraction of sp³-hybridized carbons (Fsp3) is 0.600. The lowest BCUT2D eigenvalue weighted by Gasteiger charge is -2.15. The Morgan fingerprint density at radius 1 is 1.13 bits per heavy atom. The molecule has 1 saturated carbocycles. The van der Waals surface area contributed by atoms with Crippen LogP contribution in [0.1, 0.15) is 50.8 Å². The fourth-order valence-electron chi connectivity index (χ4n) is 4.37. The van der Waals surface area contributed by atoms with E-state index in [9.17, 15) is 26.4 Å². The van der Waals surface area contributed by atoms with Gasteiger partial charge in [0.1, 0.15) is 0 Å². The molecule has 1 saturated heterocycles. The van der Waals surface area contributed by atoms with Gasteiger partial charge in [0.2, 0.25) is 21.8 Å². The minimum atomic E-state index is -4.73. The van der Waals surface area contributed by atoms with Gasteiger partial charge in [0.05, 0.1) is 15.9 Å². The molecule has 1 aromatic heterocycles. The van der Waals surface area contributed by atoms with Crippen LogP contribution < -0.4 is 5.32 Å². The van der Waals surface area contributed by atoms with Gasteiger partial charge in [0, 0.05) is 32.1 Å². The number of carbonyl (C=O) groups excluding carboxylic acids is 1. The zero-order chi connectivity index (χ0) is 22.2. The van der Waals surface area contributed by atoms with E-state index in [1.165, 1.54) is 22.5 Å². The van der Waals surface area contributed by atoms with Crippen molar-refractivity contribution in [1.82, 2.24) is 19.2 Å². The van der Waals surface area contributed by atoms with Crippen molar-refractivity contribution in [3.05, 3.63) is 24.0 Å². The van der Waals surface area contributed by atoms with Gasteiger partial charge in [-0.25, -0.2) is 13.4 Å². The van der Waals surface area contributed by atoms with Crippen molar-refractivity contribution < 1.29 is 26.4 Å². The van der Waals surface area contributed by atoms with E-state index < -0.39 is 22.0 Å². The highest BCUT2D eigenvalue weighted by atomic mass is 32.2. The number of fused-ring (bicyclic) bond motifs is 1. The van der Waals surface area contributed by atoms with Crippen LogP contribution in [-0.4, -0.2) is 47.3 Å². The van der Waals surface area contributed by atoms with Gasteiger partial charge < -0.3 is 9.88 Å². The number of nitrogens with zero attached hydrogens (tertiary/aromatic N) is 3. The molecule has 2 fully saturated rings. The molecule has 1 N–H and O–H groups in total. The van der Waals surface area contributed by atoms with Crippen LogP contribution in [0.3, 0.4) is 0 Å². The van der Waals surface area contributed by atoms with Gasteiger partial charge in [-0.1, -0.05) is 12.8 Å². The molecule has 1 amide bonds. The SMILES string of the molecule is O=C(CCn1c(C(F)(F)F)nc2cc(S(=O)(=O)N3CCCC3)ccc21)NC1CCCC1. The van der Waals surface area contributed by atoms with E-state index in [1.54, 1.807) is 0 Å². The maximum absolute atomic E-state index is 13.6. The summed E-state index contributed by atoms with van der Waals surface area (Å²) in [7, 11) is -3.77. The van der Waals surface area contributed by atoms with E-state index in [1.807, 2.05) is 0 Å². The standard InChI is InChI=1S/C20H25F3N4O3S/c21-20(22,23)19-25-16-13-15(31(29,30)26-10-3-4-11-26)7-8-17(16)27(19)12-9-18(28)24-14-5-1-2-6-14/h7-8,13-14H,1-6,9-12H2,(H,24,28). The number of carbonyl (C=O) groups is 1. The van der Waals surface area contributed by atoms with Crippen molar-refractivity contribution in [1.29, 1.82) is 0 Å². The normalized spacial score (nSPS) is 18.8. The molecule has 0 bridgehead atoms. The lowest BCUT2D eigenvalue weighted by Crippen LogP contribution is -2.33. The van der Waals surface area contributed by atoms with Gasteiger partial charge in [0.15, 0.2) is 0 Å². The summed E-state index contributed by atoms with van der Waals surface area (Å²) in [5.41, 5.74) is 0.102. The summed E-state index contributed by atoms with van der Waals surface area (Å²) >= 11 is 0. The van der Waals surface area contributed by atoms with Crippen LogP contribution in [-0.2, 0) is 27.5 Å². The van der Waals surface area contributed by atoms with Crippen molar-refractivity contribution in [3.8, 4) is 0 Å². The number of amides is 1. The molecule has 170 valence electrons. The van der Waals surface area contributed by atoms with Crippen LogP contribution in [0.2, 0.25) is 0 Å². The Kier molecular flexibility index (Phi) is 5.99. The van der Waals surface area contributed by atoms with Gasteiger partial charge in [0.25, 0.3) is 0 Å². The lowest BCUT2D eigenvalue weighted by atomic mass is 10.2. The number of sulfonamides is 1. The number of imidazole rings is 1. The van der Waals surface area contributed by atoms with E-state index in [4.69, 9.17) is 0 Å². The molecule has 2 heterocycles. The van der Waals surface area contributed by atoms with Gasteiger partial charge in [-0.05, 0) is 43.9 Å². The Morgan fingerprint density at radius 3 is 2.45 bits per heavy atom. The minimum absolute atomic E-state index is 0.0520. The van der Waals surface area contributed by atoms with E-state index >= 15 is 0 Å². The third kappa shape index (κ3) is 4.57. The third-order valence-corrected chi connectivity index (χ3v) is 7.85. The average molecular weight is 459 g/mol. The average Bonchev–Trinajstić information content (AvgIpc) is 3.45. The third-order valence-electron chi connectivity index (χ3n) is 5.96. The lowest BCUT2D eigenvalue weighted by molar-refractivity contribution is -0.147. The summed E-state index contributed by atoms with van der Waals surface area (Å²) in [5, 5.41) is 2.87. The highest BCUT2D eigenvalue weighted by molar-refractivity contribution is 7.89. The number of aryl methyl sites for hydroxylation is 1. The predicted molar refractivity (Wildman–Crippen MR) is 108 cm³/mol. The Morgan fingerprint density at radius 2 is 1.81 bits per heavy atom. The number of benzene rings is 1. The summed E-state index contributed by atoms with van der Waals surface area (Å²) in [6.07, 6.45) is 0.544. The number of aromatic nitrogens is 2. The highest BCUT2D eigenvalue weighted by Crippen LogP contribution is 2.33. The van der Waals surface area contributed by atoms with Gasteiger partial charge >= 0.3 is 6.18 Å². The topological polar surface area (TPSA) is 84.3 Å². The van der Waals surface area contributed by atoms with Crippen molar-refractivity contribution in [2.45, 2.75) is 68.6 Å². The second-order valence-corrected chi connectivity index (χ2v) is 10.1. The first-order valence-corrected chi connectivity index (χ1v) is 12.0. The molecule has 1 aromatic carbocycles. The van der Waals surface area contributed by atoms with E-state index in [0.717, 1.165) is 43.1 Å². The van der Waals surface area contributed by atoms with Crippen LogP contribution in [0.25, 0.3) is 11.0 Å². The van der Waals surface area contributed by atoms with Crippen LogP contribution in [0.4, 0.5) is 13.2 Å². The molecular weight excluding hydrogens is 433 g/mol. The summed E-state index contributed by atoms with van der Waals surface area (Å²) in [5.74, 6) is -1.43. The summed E-state index contributed by atoms with van der Waals surface area (Å²) in [6, 6.07) is 3.93. The number of rotatable bonds is 6. The van der Waals surface area contributed by atoms with Crippen molar-refractivity contribution in [3.63, 3.8) is 0 Å². The minimum Gasteiger partial charge on any atom is -0.353 e. The monoisotopic (exact) mass is 458 g/mol. The van der Waals surface area contributed by atoms with Crippen LogP contribution in [0.5, 0.6) is 0 Å². The first-order valence-electron chi connectivity index (χ1n) is 10.5. The second-order valence-electron chi connectivity index (χ2n) is 8.15. The Labute approximate surface area is 178 Å². The maximum Gasteiger partial charge on any atom is 0.449 e. The molecular formula is C20H25F3N4O3S. The highest BCUT2D eigenvalue weighted by Gasteiger charge is 2.38. The van der Waals surface area contributed by atoms with Crippen molar-refractivity contribution >= 4 is 27.0 Å². The predicted octanol–water partition coefficient (Wildman–Crippen LogP) is 3.29. The zero-order valence-electron chi connectivity index (χ0n) is 17.0. The molecule has 7 nitrogen and oxygen atoms in total. The van der Waals surface area contributed by atoms with E-state index in [-0.39, 0.29) is 40.8 Å². The van der Waals surface area contributed by atoms with Gasteiger partial charge in [-0.15, -0.1) is 0 Å². The molecule has 1 aliphatic carbocycles. The van der Waals surface area contributed by atoms with Crippen molar-refractivity contribution in [2.75, 3.05) is 13.1 Å². The Hall–Kier alpha value is -2.14.